The summed E-state index contributed by atoms with van der Waals surface area (Å²) >= 11 is 0. The van der Waals surface area contributed by atoms with Gasteiger partial charge in [-0.05, 0) is 45.3 Å². The normalized spacial score (nSPS) is 21.8. The molecule has 3 amide bonds. The molecule has 0 aliphatic carbocycles. The van der Waals surface area contributed by atoms with E-state index in [4.69, 9.17) is 9.31 Å². The number of aromatic nitrogens is 1. The summed E-state index contributed by atoms with van der Waals surface area (Å²) in [7, 11) is 1.46. The van der Waals surface area contributed by atoms with Gasteiger partial charge in [0.25, 0.3) is 0 Å². The standard InChI is InChI=1S/C19H24BN3O4/c1-18(2)19(3,4)27-20(26-18)13-6-7-14(16-12(13)8-10-22(16)5)23-11-9-15(24)21-17(23)25/h6-8,10H,9,11H2,1-5H3,(H,21,24,25). The van der Waals surface area contributed by atoms with Crippen LogP contribution in [0, 0.1) is 0 Å². The van der Waals surface area contributed by atoms with Crippen molar-refractivity contribution in [3.63, 3.8) is 0 Å². The first-order valence-electron chi connectivity index (χ1n) is 9.16. The fraction of sp³-hybridized carbons (Fsp3) is 0.474. The number of nitrogens with one attached hydrogen (secondary N) is 1. The second-order valence-electron chi connectivity index (χ2n) is 8.21. The summed E-state index contributed by atoms with van der Waals surface area (Å²) in [4.78, 5) is 25.4. The Bertz CT molecular complexity index is 934. The second-order valence-corrected chi connectivity index (χ2v) is 8.21. The SMILES string of the molecule is Cn1ccc2c(B3OC(C)(C)C(C)(C)O3)ccc(N3CCC(=O)NC3=O)c21. The molecule has 2 saturated heterocycles. The number of rotatable bonds is 2. The highest BCUT2D eigenvalue weighted by Gasteiger charge is 2.52. The Morgan fingerprint density at radius 3 is 2.37 bits per heavy atom. The Morgan fingerprint density at radius 1 is 1.07 bits per heavy atom. The number of amides is 3. The molecule has 0 unspecified atom stereocenters. The molecule has 0 atom stereocenters. The van der Waals surface area contributed by atoms with Gasteiger partial charge in [-0.2, -0.15) is 0 Å². The van der Waals surface area contributed by atoms with E-state index in [1.165, 1.54) is 0 Å². The van der Waals surface area contributed by atoms with E-state index in [1.54, 1.807) is 4.90 Å². The van der Waals surface area contributed by atoms with Crippen molar-refractivity contribution in [3.05, 3.63) is 24.4 Å². The van der Waals surface area contributed by atoms with Crippen LogP contribution in [0.5, 0.6) is 0 Å². The summed E-state index contributed by atoms with van der Waals surface area (Å²) in [6.07, 6.45) is 2.24. The number of nitrogens with zero attached hydrogens (tertiary/aromatic N) is 2. The molecule has 4 rings (SSSR count). The molecule has 27 heavy (non-hydrogen) atoms. The summed E-state index contributed by atoms with van der Waals surface area (Å²) in [6, 6.07) is 5.46. The average Bonchev–Trinajstić information content (AvgIpc) is 3.05. The number of hydrogen-bond donors (Lipinski definition) is 1. The van der Waals surface area contributed by atoms with Crippen molar-refractivity contribution >= 4 is 41.1 Å². The van der Waals surface area contributed by atoms with Crippen molar-refractivity contribution in [2.45, 2.75) is 45.3 Å². The Hall–Kier alpha value is -2.32. The summed E-state index contributed by atoms with van der Waals surface area (Å²) in [5, 5.41) is 3.36. The molecule has 0 spiro atoms. The predicted molar refractivity (Wildman–Crippen MR) is 104 cm³/mol. The summed E-state index contributed by atoms with van der Waals surface area (Å²) in [6.45, 7) is 8.47. The Balaban J connectivity index is 1.79. The number of hydrogen-bond acceptors (Lipinski definition) is 4. The molecule has 1 aromatic carbocycles. The summed E-state index contributed by atoms with van der Waals surface area (Å²) in [5.41, 5.74) is 1.76. The zero-order valence-corrected chi connectivity index (χ0v) is 16.3. The third-order valence-electron chi connectivity index (χ3n) is 5.90. The molecule has 0 bridgehead atoms. The number of imide groups is 1. The first-order valence-corrected chi connectivity index (χ1v) is 9.16. The molecular formula is C19H24BN3O4. The molecule has 1 aromatic heterocycles. The fourth-order valence-corrected chi connectivity index (χ4v) is 3.61. The number of carbonyl (C=O) groups is 2. The topological polar surface area (TPSA) is 72.8 Å². The maximum Gasteiger partial charge on any atom is 0.495 e. The smallest absolute Gasteiger partial charge is 0.399 e. The summed E-state index contributed by atoms with van der Waals surface area (Å²) < 4.78 is 14.4. The lowest BCUT2D eigenvalue weighted by Crippen LogP contribution is -2.49. The van der Waals surface area contributed by atoms with Crippen molar-refractivity contribution in [1.29, 1.82) is 0 Å². The average molecular weight is 369 g/mol. The number of aryl methyl sites for hydroxylation is 1. The van der Waals surface area contributed by atoms with E-state index in [0.717, 1.165) is 22.1 Å². The van der Waals surface area contributed by atoms with Gasteiger partial charge in [0.15, 0.2) is 0 Å². The van der Waals surface area contributed by atoms with E-state index < -0.39 is 24.4 Å². The lowest BCUT2D eigenvalue weighted by molar-refractivity contribution is -0.120. The second kappa shape index (κ2) is 5.84. The van der Waals surface area contributed by atoms with E-state index in [0.29, 0.717) is 6.54 Å². The highest BCUT2D eigenvalue weighted by Crippen LogP contribution is 2.38. The lowest BCUT2D eigenvalue weighted by Gasteiger charge is -2.32. The van der Waals surface area contributed by atoms with E-state index in [9.17, 15) is 9.59 Å². The highest BCUT2D eigenvalue weighted by molar-refractivity contribution is 6.65. The van der Waals surface area contributed by atoms with Crippen LogP contribution in [0.4, 0.5) is 10.5 Å². The molecule has 2 fully saturated rings. The van der Waals surface area contributed by atoms with Crippen LogP contribution in [0.15, 0.2) is 24.4 Å². The molecule has 2 aliphatic heterocycles. The maximum atomic E-state index is 12.3. The van der Waals surface area contributed by atoms with Gasteiger partial charge >= 0.3 is 13.1 Å². The van der Waals surface area contributed by atoms with Crippen LogP contribution in [0.1, 0.15) is 34.1 Å². The van der Waals surface area contributed by atoms with E-state index in [1.807, 2.05) is 63.7 Å². The molecule has 2 aromatic rings. The van der Waals surface area contributed by atoms with Gasteiger partial charge in [-0.25, -0.2) is 4.79 Å². The minimum atomic E-state index is -0.481. The predicted octanol–water partition coefficient (Wildman–Crippen LogP) is 1.92. The number of urea groups is 1. The zero-order chi connectivity index (χ0) is 19.6. The molecule has 0 saturated carbocycles. The van der Waals surface area contributed by atoms with Crippen LogP contribution in [0.3, 0.4) is 0 Å². The van der Waals surface area contributed by atoms with Crippen LogP contribution in [-0.4, -0.2) is 41.4 Å². The highest BCUT2D eigenvalue weighted by atomic mass is 16.7. The molecule has 3 heterocycles. The van der Waals surface area contributed by atoms with Gasteiger partial charge in [-0.3, -0.25) is 15.0 Å². The van der Waals surface area contributed by atoms with Gasteiger partial charge in [0.05, 0.1) is 22.4 Å². The van der Waals surface area contributed by atoms with E-state index in [-0.39, 0.29) is 12.3 Å². The van der Waals surface area contributed by atoms with Gasteiger partial charge in [0.2, 0.25) is 5.91 Å². The molecule has 142 valence electrons. The molecular weight excluding hydrogens is 345 g/mol. The van der Waals surface area contributed by atoms with E-state index in [2.05, 4.69) is 5.32 Å². The molecule has 7 nitrogen and oxygen atoms in total. The van der Waals surface area contributed by atoms with Crippen molar-refractivity contribution in [2.75, 3.05) is 11.4 Å². The minimum absolute atomic E-state index is 0.242. The Labute approximate surface area is 158 Å². The lowest BCUT2D eigenvalue weighted by atomic mass is 9.76. The molecule has 2 aliphatic rings. The van der Waals surface area contributed by atoms with Gasteiger partial charge in [-0.1, -0.05) is 6.07 Å². The zero-order valence-electron chi connectivity index (χ0n) is 16.3. The van der Waals surface area contributed by atoms with Crippen LogP contribution in [-0.2, 0) is 21.2 Å². The first kappa shape index (κ1) is 18.1. The number of fused-ring (bicyclic) bond motifs is 1. The van der Waals surface area contributed by atoms with Gasteiger partial charge in [0.1, 0.15) is 0 Å². The largest absolute Gasteiger partial charge is 0.495 e. The third-order valence-corrected chi connectivity index (χ3v) is 5.90. The summed E-state index contributed by atoms with van der Waals surface area (Å²) in [5.74, 6) is -0.242. The quantitative estimate of drug-likeness (QED) is 0.821. The fourth-order valence-electron chi connectivity index (χ4n) is 3.61. The molecule has 0 radical (unpaired) electrons. The first-order chi connectivity index (χ1) is 12.6. The monoisotopic (exact) mass is 369 g/mol. The number of anilines is 1. The maximum absolute atomic E-state index is 12.3. The minimum Gasteiger partial charge on any atom is -0.399 e. The van der Waals surface area contributed by atoms with Gasteiger partial charge < -0.3 is 13.9 Å². The van der Waals surface area contributed by atoms with Gasteiger partial charge in [-0.15, -0.1) is 0 Å². The van der Waals surface area contributed by atoms with Crippen molar-refractivity contribution in [1.82, 2.24) is 9.88 Å². The Morgan fingerprint density at radius 2 is 1.74 bits per heavy atom. The van der Waals surface area contributed by atoms with Crippen LogP contribution in [0.25, 0.3) is 10.9 Å². The van der Waals surface area contributed by atoms with Crippen LogP contribution in [0.2, 0.25) is 0 Å². The molecule has 8 heteroatoms. The van der Waals surface area contributed by atoms with Gasteiger partial charge in [0, 0.05) is 31.6 Å². The third kappa shape index (κ3) is 2.75. The van der Waals surface area contributed by atoms with Crippen LogP contribution >= 0.6 is 0 Å². The number of benzene rings is 1. The van der Waals surface area contributed by atoms with Crippen molar-refractivity contribution in [3.8, 4) is 0 Å². The van der Waals surface area contributed by atoms with Crippen molar-refractivity contribution < 1.29 is 18.9 Å². The van der Waals surface area contributed by atoms with E-state index >= 15 is 0 Å². The Kier molecular flexibility index (Phi) is 3.91. The molecule has 1 N–H and O–H groups in total. The van der Waals surface area contributed by atoms with Crippen LogP contribution < -0.4 is 15.7 Å². The number of carbonyl (C=O) groups excluding carboxylic acids is 2. The van der Waals surface area contributed by atoms with Crippen molar-refractivity contribution in [2.24, 2.45) is 7.05 Å².